The van der Waals surface area contributed by atoms with E-state index in [9.17, 15) is 0 Å². The number of nitrogens with one attached hydrogen (secondary N) is 1. The van der Waals surface area contributed by atoms with Crippen molar-refractivity contribution in [1.82, 2.24) is 5.32 Å². The van der Waals surface area contributed by atoms with Crippen LogP contribution in [0.3, 0.4) is 0 Å². The normalized spacial score (nSPS) is 21.1. The van der Waals surface area contributed by atoms with Crippen molar-refractivity contribution in [3.63, 3.8) is 0 Å². The van der Waals surface area contributed by atoms with Crippen molar-refractivity contribution in [3.05, 3.63) is 22.4 Å². The van der Waals surface area contributed by atoms with E-state index in [-0.39, 0.29) is 0 Å². The van der Waals surface area contributed by atoms with Crippen molar-refractivity contribution in [1.29, 1.82) is 0 Å². The molecule has 1 atom stereocenters. The Hall–Kier alpha value is -0.340. The number of thiophene rings is 1. The van der Waals surface area contributed by atoms with Crippen LogP contribution in [0.4, 0.5) is 0 Å². The first-order valence-corrected chi connectivity index (χ1v) is 7.38. The quantitative estimate of drug-likeness (QED) is 0.820. The SMILES string of the molecule is CCNC(Cc1cccs1)C1(C)CCCC1. The van der Waals surface area contributed by atoms with Gasteiger partial charge in [-0.15, -0.1) is 11.3 Å². The van der Waals surface area contributed by atoms with Crippen molar-refractivity contribution in [2.45, 2.75) is 52.0 Å². The van der Waals surface area contributed by atoms with Gasteiger partial charge in [-0.25, -0.2) is 0 Å². The molecular formula is C14H23NS. The molecular weight excluding hydrogens is 214 g/mol. The first kappa shape index (κ1) is 12.1. The highest BCUT2D eigenvalue weighted by molar-refractivity contribution is 7.09. The van der Waals surface area contributed by atoms with E-state index in [1.807, 2.05) is 11.3 Å². The van der Waals surface area contributed by atoms with E-state index in [2.05, 4.69) is 36.7 Å². The molecule has 90 valence electrons. The van der Waals surface area contributed by atoms with E-state index in [1.54, 1.807) is 0 Å². The summed E-state index contributed by atoms with van der Waals surface area (Å²) in [4.78, 5) is 1.53. The third-order valence-electron chi connectivity index (χ3n) is 4.02. The number of rotatable bonds is 5. The average molecular weight is 237 g/mol. The summed E-state index contributed by atoms with van der Waals surface area (Å²) in [6.07, 6.45) is 6.85. The summed E-state index contributed by atoms with van der Waals surface area (Å²) in [5, 5.41) is 5.90. The molecule has 2 rings (SSSR count). The molecule has 1 heterocycles. The van der Waals surface area contributed by atoms with Crippen LogP contribution in [0.1, 0.15) is 44.4 Å². The zero-order chi connectivity index (χ0) is 11.4. The molecule has 1 saturated carbocycles. The molecule has 16 heavy (non-hydrogen) atoms. The molecule has 1 N–H and O–H groups in total. The van der Waals surface area contributed by atoms with Gasteiger partial charge in [-0.3, -0.25) is 0 Å². The molecule has 1 unspecified atom stereocenters. The zero-order valence-electron chi connectivity index (χ0n) is 10.5. The molecule has 0 amide bonds. The minimum Gasteiger partial charge on any atom is -0.313 e. The second kappa shape index (κ2) is 5.33. The molecule has 1 aromatic rings. The highest BCUT2D eigenvalue weighted by Crippen LogP contribution is 2.41. The second-order valence-corrected chi connectivity index (χ2v) is 6.29. The molecule has 0 bridgehead atoms. The maximum absolute atomic E-state index is 3.71. The van der Waals surface area contributed by atoms with Gasteiger partial charge in [-0.05, 0) is 42.7 Å². The third kappa shape index (κ3) is 2.67. The Kier molecular flexibility index (Phi) is 4.04. The van der Waals surface area contributed by atoms with Crippen LogP contribution in [-0.4, -0.2) is 12.6 Å². The van der Waals surface area contributed by atoms with Crippen LogP contribution < -0.4 is 5.32 Å². The lowest BCUT2D eigenvalue weighted by molar-refractivity contribution is 0.223. The van der Waals surface area contributed by atoms with E-state index < -0.39 is 0 Å². The van der Waals surface area contributed by atoms with Crippen LogP contribution in [0, 0.1) is 5.41 Å². The summed E-state index contributed by atoms with van der Waals surface area (Å²) >= 11 is 1.89. The Morgan fingerprint density at radius 2 is 2.19 bits per heavy atom. The van der Waals surface area contributed by atoms with Crippen molar-refractivity contribution in [2.75, 3.05) is 6.54 Å². The predicted octanol–water partition coefficient (Wildman–Crippen LogP) is 3.85. The molecule has 1 nitrogen and oxygen atoms in total. The molecule has 1 aromatic heterocycles. The van der Waals surface area contributed by atoms with E-state index in [0.29, 0.717) is 11.5 Å². The van der Waals surface area contributed by atoms with E-state index in [1.165, 1.54) is 37.0 Å². The molecule has 1 aliphatic rings. The second-order valence-electron chi connectivity index (χ2n) is 5.25. The van der Waals surface area contributed by atoms with Crippen molar-refractivity contribution >= 4 is 11.3 Å². The summed E-state index contributed by atoms with van der Waals surface area (Å²) in [6.45, 7) is 5.78. The van der Waals surface area contributed by atoms with Gasteiger partial charge in [0, 0.05) is 10.9 Å². The number of hydrogen-bond donors (Lipinski definition) is 1. The maximum atomic E-state index is 3.71. The van der Waals surface area contributed by atoms with Crippen LogP contribution >= 0.6 is 11.3 Å². The Bertz CT molecular complexity index is 299. The lowest BCUT2D eigenvalue weighted by atomic mass is 9.79. The fourth-order valence-corrected chi connectivity index (χ4v) is 3.72. The fourth-order valence-electron chi connectivity index (χ4n) is 2.97. The van der Waals surface area contributed by atoms with Gasteiger partial charge in [0.1, 0.15) is 0 Å². The lowest BCUT2D eigenvalue weighted by Gasteiger charge is -2.34. The summed E-state index contributed by atoms with van der Waals surface area (Å²) in [6, 6.07) is 5.10. The first-order valence-electron chi connectivity index (χ1n) is 6.50. The van der Waals surface area contributed by atoms with E-state index in [0.717, 1.165) is 6.54 Å². The molecule has 0 radical (unpaired) electrons. The van der Waals surface area contributed by atoms with E-state index >= 15 is 0 Å². The Balaban J connectivity index is 2.04. The minimum atomic E-state index is 0.528. The highest BCUT2D eigenvalue weighted by atomic mass is 32.1. The molecule has 0 spiro atoms. The topological polar surface area (TPSA) is 12.0 Å². The average Bonchev–Trinajstić information content (AvgIpc) is 2.89. The Morgan fingerprint density at radius 3 is 2.75 bits per heavy atom. The van der Waals surface area contributed by atoms with Crippen LogP contribution in [0.5, 0.6) is 0 Å². The van der Waals surface area contributed by atoms with E-state index in [4.69, 9.17) is 0 Å². The van der Waals surface area contributed by atoms with Gasteiger partial charge in [0.25, 0.3) is 0 Å². The molecule has 0 saturated heterocycles. The van der Waals surface area contributed by atoms with Crippen LogP contribution in [-0.2, 0) is 6.42 Å². The minimum absolute atomic E-state index is 0.528. The summed E-state index contributed by atoms with van der Waals surface area (Å²) in [7, 11) is 0. The summed E-state index contributed by atoms with van der Waals surface area (Å²) < 4.78 is 0. The van der Waals surface area contributed by atoms with Crippen molar-refractivity contribution in [2.24, 2.45) is 5.41 Å². The first-order chi connectivity index (χ1) is 7.74. The molecule has 0 aliphatic heterocycles. The van der Waals surface area contributed by atoms with Crippen molar-refractivity contribution < 1.29 is 0 Å². The largest absolute Gasteiger partial charge is 0.313 e. The summed E-state index contributed by atoms with van der Waals surface area (Å²) in [5.74, 6) is 0. The predicted molar refractivity (Wildman–Crippen MR) is 72.1 cm³/mol. The van der Waals surface area contributed by atoms with Crippen LogP contribution in [0.2, 0.25) is 0 Å². The Labute approximate surface area is 103 Å². The van der Waals surface area contributed by atoms with Gasteiger partial charge >= 0.3 is 0 Å². The van der Waals surface area contributed by atoms with Gasteiger partial charge in [-0.2, -0.15) is 0 Å². The smallest absolute Gasteiger partial charge is 0.0169 e. The third-order valence-corrected chi connectivity index (χ3v) is 4.92. The van der Waals surface area contributed by atoms with Gasteiger partial charge in [-0.1, -0.05) is 32.8 Å². The number of likely N-dealkylation sites (N-methyl/N-ethyl adjacent to an activating group) is 1. The zero-order valence-corrected chi connectivity index (χ0v) is 11.3. The van der Waals surface area contributed by atoms with Crippen LogP contribution in [0.15, 0.2) is 17.5 Å². The highest BCUT2D eigenvalue weighted by Gasteiger charge is 2.36. The monoisotopic (exact) mass is 237 g/mol. The summed E-state index contributed by atoms with van der Waals surface area (Å²) in [5.41, 5.74) is 0.528. The number of hydrogen-bond acceptors (Lipinski definition) is 2. The van der Waals surface area contributed by atoms with Crippen LogP contribution in [0.25, 0.3) is 0 Å². The standard InChI is InChI=1S/C14H23NS/c1-3-15-13(11-12-7-6-10-16-12)14(2)8-4-5-9-14/h6-7,10,13,15H,3-5,8-9,11H2,1-2H3. The maximum Gasteiger partial charge on any atom is 0.0169 e. The molecule has 0 aromatic carbocycles. The van der Waals surface area contributed by atoms with Gasteiger partial charge < -0.3 is 5.32 Å². The van der Waals surface area contributed by atoms with Gasteiger partial charge in [0.2, 0.25) is 0 Å². The Morgan fingerprint density at radius 1 is 1.44 bits per heavy atom. The lowest BCUT2D eigenvalue weighted by Crippen LogP contribution is -2.43. The molecule has 1 aliphatic carbocycles. The molecule has 1 fully saturated rings. The van der Waals surface area contributed by atoms with Gasteiger partial charge in [0.15, 0.2) is 0 Å². The van der Waals surface area contributed by atoms with Crippen molar-refractivity contribution in [3.8, 4) is 0 Å². The fraction of sp³-hybridized carbons (Fsp3) is 0.714. The van der Waals surface area contributed by atoms with Gasteiger partial charge in [0.05, 0.1) is 0 Å². The molecule has 2 heteroatoms.